The van der Waals surface area contributed by atoms with Crippen LogP contribution in [0.4, 0.5) is 0 Å². The molecular formula is C26H33IN4O3. The van der Waals surface area contributed by atoms with E-state index in [9.17, 15) is 4.79 Å². The molecule has 8 heteroatoms. The number of benzene rings is 2. The number of aliphatic imine (C=N–C) groups is 1. The van der Waals surface area contributed by atoms with E-state index in [0.29, 0.717) is 13.1 Å². The fraction of sp³-hybridized carbons (Fsp3) is 0.308. The van der Waals surface area contributed by atoms with Gasteiger partial charge in [-0.3, -0.25) is 9.79 Å². The minimum absolute atomic E-state index is 0. The Balaban J connectivity index is 0.00000408. The molecule has 2 aromatic carbocycles. The van der Waals surface area contributed by atoms with Gasteiger partial charge in [0, 0.05) is 39.4 Å². The summed E-state index contributed by atoms with van der Waals surface area (Å²) >= 11 is 0. The highest BCUT2D eigenvalue weighted by Crippen LogP contribution is 2.27. The molecule has 0 saturated heterocycles. The van der Waals surface area contributed by atoms with E-state index < -0.39 is 0 Å². The van der Waals surface area contributed by atoms with Gasteiger partial charge in [-0.2, -0.15) is 0 Å². The summed E-state index contributed by atoms with van der Waals surface area (Å²) in [6.45, 7) is 2.03. The van der Waals surface area contributed by atoms with Crippen molar-refractivity contribution < 1.29 is 9.47 Å². The summed E-state index contributed by atoms with van der Waals surface area (Å²) < 4.78 is 12.4. The van der Waals surface area contributed by atoms with Crippen LogP contribution in [0.2, 0.25) is 0 Å². The van der Waals surface area contributed by atoms with Gasteiger partial charge in [-0.1, -0.05) is 36.4 Å². The number of methoxy groups -OCH3 is 2. The summed E-state index contributed by atoms with van der Waals surface area (Å²) in [5.74, 6) is 2.30. The number of likely N-dealkylation sites (N-methyl/N-ethyl adjacent to an activating group) is 1. The van der Waals surface area contributed by atoms with Crippen molar-refractivity contribution >= 4 is 29.9 Å². The fourth-order valence-electron chi connectivity index (χ4n) is 3.56. The highest BCUT2D eigenvalue weighted by atomic mass is 127. The van der Waals surface area contributed by atoms with E-state index in [1.165, 1.54) is 5.56 Å². The number of guanidine groups is 1. The van der Waals surface area contributed by atoms with E-state index in [-0.39, 0.29) is 29.5 Å². The smallest absolute Gasteiger partial charge is 0.250 e. The van der Waals surface area contributed by atoms with Crippen molar-refractivity contribution in [3.8, 4) is 11.5 Å². The summed E-state index contributed by atoms with van der Waals surface area (Å²) in [4.78, 5) is 18.4. The number of pyridine rings is 1. The van der Waals surface area contributed by atoms with E-state index >= 15 is 0 Å². The van der Waals surface area contributed by atoms with Crippen molar-refractivity contribution in [2.75, 3.05) is 34.9 Å². The monoisotopic (exact) mass is 576 g/mol. The predicted octanol–water partition coefficient (Wildman–Crippen LogP) is 3.78. The van der Waals surface area contributed by atoms with E-state index in [2.05, 4.69) is 45.5 Å². The van der Waals surface area contributed by atoms with Crippen molar-refractivity contribution in [2.24, 2.45) is 4.99 Å². The second-order valence-corrected chi connectivity index (χ2v) is 7.74. The van der Waals surface area contributed by atoms with Gasteiger partial charge < -0.3 is 24.3 Å². The maximum Gasteiger partial charge on any atom is 0.250 e. The number of nitrogens with zero attached hydrogens (tertiary/aromatic N) is 3. The number of aromatic nitrogens is 1. The third kappa shape index (κ3) is 7.51. The van der Waals surface area contributed by atoms with Gasteiger partial charge in [-0.15, -0.1) is 24.0 Å². The molecule has 0 unspecified atom stereocenters. The first-order valence-electron chi connectivity index (χ1n) is 10.9. The third-order valence-electron chi connectivity index (χ3n) is 5.48. The quantitative estimate of drug-likeness (QED) is 0.239. The van der Waals surface area contributed by atoms with Crippen LogP contribution in [0, 0.1) is 0 Å². The topological polar surface area (TPSA) is 68.1 Å². The van der Waals surface area contributed by atoms with E-state index in [1.54, 1.807) is 44.2 Å². The van der Waals surface area contributed by atoms with E-state index in [1.807, 2.05) is 25.2 Å². The van der Waals surface area contributed by atoms with Crippen LogP contribution < -0.4 is 20.3 Å². The van der Waals surface area contributed by atoms with Crippen LogP contribution in [0.25, 0.3) is 0 Å². The Morgan fingerprint density at radius 1 is 0.971 bits per heavy atom. The Morgan fingerprint density at radius 2 is 1.65 bits per heavy atom. The molecule has 0 amide bonds. The summed E-state index contributed by atoms with van der Waals surface area (Å²) in [6, 6.07) is 19.5. The molecule has 182 valence electrons. The minimum Gasteiger partial charge on any atom is -0.493 e. The highest BCUT2D eigenvalue weighted by Gasteiger charge is 2.09. The van der Waals surface area contributed by atoms with Crippen LogP contribution in [0.5, 0.6) is 11.5 Å². The lowest BCUT2D eigenvalue weighted by molar-refractivity contribution is 0.354. The maximum atomic E-state index is 11.9. The Labute approximate surface area is 218 Å². The Morgan fingerprint density at radius 3 is 2.29 bits per heavy atom. The molecule has 1 N–H and O–H groups in total. The molecule has 7 nitrogen and oxygen atoms in total. The van der Waals surface area contributed by atoms with Crippen LogP contribution in [0.1, 0.15) is 16.7 Å². The Bertz CT molecular complexity index is 1130. The molecule has 1 aromatic heterocycles. The number of hydrogen-bond acceptors (Lipinski definition) is 4. The molecule has 3 rings (SSSR count). The molecule has 0 fully saturated rings. The van der Waals surface area contributed by atoms with E-state index in [0.717, 1.165) is 41.6 Å². The summed E-state index contributed by atoms with van der Waals surface area (Å²) in [7, 11) is 7.10. The predicted molar refractivity (Wildman–Crippen MR) is 148 cm³/mol. The number of ether oxygens (including phenoxy) is 2. The van der Waals surface area contributed by atoms with E-state index in [4.69, 9.17) is 9.47 Å². The van der Waals surface area contributed by atoms with Gasteiger partial charge >= 0.3 is 0 Å². The molecule has 0 spiro atoms. The van der Waals surface area contributed by atoms with Crippen molar-refractivity contribution in [3.63, 3.8) is 0 Å². The lowest BCUT2D eigenvalue weighted by Gasteiger charge is -2.22. The van der Waals surface area contributed by atoms with Crippen LogP contribution in [0.15, 0.2) is 76.6 Å². The van der Waals surface area contributed by atoms with Crippen molar-refractivity contribution in [1.29, 1.82) is 0 Å². The minimum atomic E-state index is 0. The lowest BCUT2D eigenvalue weighted by atomic mass is 10.1. The van der Waals surface area contributed by atoms with Gasteiger partial charge in [0.05, 0.1) is 20.8 Å². The molecular weight excluding hydrogens is 543 g/mol. The van der Waals surface area contributed by atoms with Gasteiger partial charge in [0.15, 0.2) is 17.5 Å². The first-order chi connectivity index (χ1) is 16.0. The molecule has 0 aliphatic heterocycles. The number of halogens is 1. The molecule has 0 saturated carbocycles. The van der Waals surface area contributed by atoms with Crippen LogP contribution in [0.3, 0.4) is 0 Å². The second-order valence-electron chi connectivity index (χ2n) is 7.74. The number of hydrogen-bond donors (Lipinski definition) is 1. The van der Waals surface area contributed by atoms with Crippen LogP contribution >= 0.6 is 24.0 Å². The molecule has 0 radical (unpaired) electrons. The largest absolute Gasteiger partial charge is 0.493 e. The molecule has 0 atom stereocenters. The maximum absolute atomic E-state index is 11.9. The lowest BCUT2D eigenvalue weighted by Crippen LogP contribution is -2.39. The SMILES string of the molecule is CN=C(NCc1ccc(Cn2ccccc2=O)cc1)N(C)CCc1ccc(OC)c(OC)c1.I. The Hall–Kier alpha value is -3.01. The zero-order valence-corrected chi connectivity index (χ0v) is 22.5. The number of nitrogens with one attached hydrogen (secondary N) is 1. The van der Waals surface area contributed by atoms with Gasteiger partial charge in [-0.05, 0) is 41.3 Å². The van der Waals surface area contributed by atoms with Gasteiger partial charge in [0.2, 0.25) is 0 Å². The molecule has 0 aliphatic carbocycles. The van der Waals surface area contributed by atoms with Gasteiger partial charge in [0.1, 0.15) is 0 Å². The fourth-order valence-corrected chi connectivity index (χ4v) is 3.56. The van der Waals surface area contributed by atoms with Crippen molar-refractivity contribution in [1.82, 2.24) is 14.8 Å². The van der Waals surface area contributed by atoms with Gasteiger partial charge in [0.25, 0.3) is 5.56 Å². The third-order valence-corrected chi connectivity index (χ3v) is 5.48. The molecule has 34 heavy (non-hydrogen) atoms. The Kier molecular flexibility index (Phi) is 10.9. The first-order valence-corrected chi connectivity index (χ1v) is 10.9. The number of rotatable bonds is 9. The molecule has 0 aliphatic rings. The second kappa shape index (κ2) is 13.6. The average molecular weight is 576 g/mol. The standard InChI is InChI=1S/C26H32N4O3.HI/c1-27-26(29(2)16-14-20-12-13-23(32-3)24(17-20)33-4)28-18-21-8-10-22(11-9-21)19-30-15-6-5-7-25(30)31;/h5-13,15,17H,14,16,18-19H2,1-4H3,(H,27,28);1H. The van der Waals surface area contributed by atoms with Crippen LogP contribution in [-0.4, -0.2) is 50.3 Å². The first kappa shape index (κ1) is 27.2. The van der Waals surface area contributed by atoms with Crippen molar-refractivity contribution in [3.05, 3.63) is 93.9 Å². The summed E-state index contributed by atoms with van der Waals surface area (Å²) in [5.41, 5.74) is 3.41. The normalized spacial score (nSPS) is 10.9. The van der Waals surface area contributed by atoms with Crippen molar-refractivity contribution in [2.45, 2.75) is 19.5 Å². The highest BCUT2D eigenvalue weighted by molar-refractivity contribution is 14.0. The zero-order valence-electron chi connectivity index (χ0n) is 20.2. The average Bonchev–Trinajstić information content (AvgIpc) is 2.85. The molecule has 0 bridgehead atoms. The molecule has 3 aromatic rings. The van der Waals surface area contributed by atoms with Gasteiger partial charge in [-0.25, -0.2) is 0 Å². The summed E-state index contributed by atoms with van der Waals surface area (Å²) in [6.07, 6.45) is 2.66. The van der Waals surface area contributed by atoms with Crippen LogP contribution in [-0.2, 0) is 19.5 Å². The zero-order chi connectivity index (χ0) is 23.6. The molecule has 1 heterocycles. The summed E-state index contributed by atoms with van der Waals surface area (Å²) in [5, 5.41) is 3.42.